The van der Waals surface area contributed by atoms with Crippen molar-refractivity contribution in [3.63, 3.8) is 0 Å². The molecule has 0 bridgehead atoms. The highest BCUT2D eigenvalue weighted by atomic mass is 16.5. The zero-order chi connectivity index (χ0) is 32.6. The summed E-state index contributed by atoms with van der Waals surface area (Å²) in [6.07, 6.45) is 14.8. The zero-order valence-corrected chi connectivity index (χ0v) is 29.0. The number of benzene rings is 1. The Morgan fingerprint density at radius 3 is 2.40 bits per heavy atom. The second-order valence-corrected chi connectivity index (χ2v) is 17.3. The van der Waals surface area contributed by atoms with E-state index >= 15 is 0 Å². The third-order valence-corrected chi connectivity index (χ3v) is 15.4. The fraction of sp³-hybridized carbons (Fsp3) is 0.725. The summed E-state index contributed by atoms with van der Waals surface area (Å²) in [6, 6.07) is 5.04. The number of phenolic OH excluding ortho intramolecular Hbond substituents is 1. The number of fused-ring (bicyclic) bond motifs is 7. The molecule has 5 aliphatic rings. The van der Waals surface area contributed by atoms with Crippen LogP contribution in [0.4, 0.5) is 0 Å². The predicted octanol–water partition coefficient (Wildman–Crippen LogP) is 8.98. The van der Waals surface area contributed by atoms with Crippen molar-refractivity contribution in [2.24, 2.45) is 56.7 Å². The van der Waals surface area contributed by atoms with E-state index in [1.165, 1.54) is 57.3 Å². The molecule has 5 heteroatoms. The molecule has 10 atom stereocenters. The SMILES string of the molecule is C=C(C)[C@@H]1CCC2(CO)CC[C@]3(C)C(CC[C@@H]4[C@@]5(C)CC[C@H](OC(=O)/C=C/c6ccc(O)c(OC)c6)C(C)(C)C5CC[C@]43C)C12. The second-order valence-electron chi connectivity index (χ2n) is 17.3. The highest BCUT2D eigenvalue weighted by Crippen LogP contribution is 2.77. The quantitative estimate of drug-likeness (QED) is 0.189. The molecule has 0 heterocycles. The van der Waals surface area contributed by atoms with Crippen LogP contribution in [-0.2, 0) is 9.53 Å². The molecule has 45 heavy (non-hydrogen) atoms. The standard InChI is InChI=1S/C40H58O5/c1-25(2)27-15-20-40(24-41)22-21-38(6)28(35(27)40)11-13-32-37(5)18-17-33(36(3,4)31(37)16-19-39(32,38)7)45-34(43)14-10-26-9-12-29(42)30(23-26)44-8/h9-10,12,14,23,27-28,31-33,35,41-42H,1,11,13,15-22,24H2,2-8H3/b14-10+/t27-,28?,31?,32+,33-,35?,37-,38+,39+,40?/m0/s1. The van der Waals surface area contributed by atoms with Crippen LogP contribution in [0.1, 0.15) is 111 Å². The molecule has 4 unspecified atom stereocenters. The number of rotatable bonds is 6. The lowest BCUT2D eigenvalue weighted by Crippen LogP contribution is -2.67. The van der Waals surface area contributed by atoms with E-state index in [-0.39, 0.29) is 44.9 Å². The number of aliphatic hydroxyl groups excluding tert-OH is 1. The molecule has 0 radical (unpaired) electrons. The molecular formula is C40H58O5. The number of hydrogen-bond acceptors (Lipinski definition) is 5. The first-order valence-electron chi connectivity index (χ1n) is 17.7. The molecule has 248 valence electrons. The predicted molar refractivity (Wildman–Crippen MR) is 180 cm³/mol. The number of phenols is 1. The highest BCUT2D eigenvalue weighted by molar-refractivity contribution is 5.87. The molecule has 0 amide bonds. The molecule has 5 nitrogen and oxygen atoms in total. The van der Waals surface area contributed by atoms with E-state index in [1.807, 2.05) is 0 Å². The molecule has 0 saturated heterocycles. The molecule has 5 saturated carbocycles. The van der Waals surface area contributed by atoms with Crippen LogP contribution in [0, 0.1) is 56.7 Å². The summed E-state index contributed by atoms with van der Waals surface area (Å²) in [5, 5.41) is 20.7. The maximum atomic E-state index is 13.1. The van der Waals surface area contributed by atoms with Gasteiger partial charge in [0.15, 0.2) is 11.5 Å². The number of carbonyl (C=O) groups excluding carboxylic acids is 1. The van der Waals surface area contributed by atoms with Crippen LogP contribution in [0.25, 0.3) is 6.08 Å². The van der Waals surface area contributed by atoms with Crippen molar-refractivity contribution in [3.8, 4) is 11.5 Å². The van der Waals surface area contributed by atoms with Gasteiger partial charge in [-0.05, 0) is 146 Å². The molecule has 0 spiro atoms. The van der Waals surface area contributed by atoms with E-state index in [9.17, 15) is 15.0 Å². The minimum absolute atomic E-state index is 0.0756. The van der Waals surface area contributed by atoms with Gasteiger partial charge in [-0.2, -0.15) is 0 Å². The summed E-state index contributed by atoms with van der Waals surface area (Å²) in [5.41, 5.74) is 2.81. The van der Waals surface area contributed by atoms with Gasteiger partial charge in [0, 0.05) is 18.1 Å². The van der Waals surface area contributed by atoms with Gasteiger partial charge in [-0.3, -0.25) is 0 Å². The van der Waals surface area contributed by atoms with Crippen LogP contribution in [0.15, 0.2) is 36.4 Å². The fourth-order valence-electron chi connectivity index (χ4n) is 12.9. The van der Waals surface area contributed by atoms with Crippen LogP contribution >= 0.6 is 0 Å². The van der Waals surface area contributed by atoms with Crippen LogP contribution in [-0.4, -0.2) is 36.0 Å². The number of hydrogen-bond donors (Lipinski definition) is 2. The van der Waals surface area contributed by atoms with Crippen molar-refractivity contribution in [2.45, 2.75) is 112 Å². The highest BCUT2D eigenvalue weighted by Gasteiger charge is 2.71. The third-order valence-electron chi connectivity index (χ3n) is 15.4. The monoisotopic (exact) mass is 618 g/mol. The fourth-order valence-corrected chi connectivity index (χ4v) is 12.9. The summed E-state index contributed by atoms with van der Waals surface area (Å²) < 4.78 is 11.4. The minimum Gasteiger partial charge on any atom is -0.504 e. The normalized spacial score (nSPS) is 43.5. The lowest BCUT2D eigenvalue weighted by Gasteiger charge is -2.73. The first-order valence-corrected chi connectivity index (χ1v) is 17.7. The van der Waals surface area contributed by atoms with E-state index in [4.69, 9.17) is 9.47 Å². The van der Waals surface area contributed by atoms with Crippen LogP contribution in [0.5, 0.6) is 11.5 Å². The Morgan fingerprint density at radius 1 is 0.956 bits per heavy atom. The van der Waals surface area contributed by atoms with E-state index in [1.54, 1.807) is 24.3 Å². The summed E-state index contributed by atoms with van der Waals surface area (Å²) in [6.45, 7) is 19.6. The lowest BCUT2D eigenvalue weighted by molar-refractivity contribution is -0.251. The smallest absolute Gasteiger partial charge is 0.331 e. The van der Waals surface area contributed by atoms with Crippen molar-refractivity contribution in [3.05, 3.63) is 42.0 Å². The van der Waals surface area contributed by atoms with Gasteiger partial charge in [-0.15, -0.1) is 0 Å². The Bertz CT molecular complexity index is 1360. The number of aromatic hydroxyl groups is 1. The number of aliphatic hydroxyl groups is 1. The summed E-state index contributed by atoms with van der Waals surface area (Å²) >= 11 is 0. The summed E-state index contributed by atoms with van der Waals surface area (Å²) in [5.74, 6) is 3.04. The van der Waals surface area contributed by atoms with Gasteiger partial charge in [0.2, 0.25) is 0 Å². The van der Waals surface area contributed by atoms with Gasteiger partial charge in [0.05, 0.1) is 7.11 Å². The van der Waals surface area contributed by atoms with E-state index in [2.05, 4.69) is 48.1 Å². The largest absolute Gasteiger partial charge is 0.504 e. The lowest BCUT2D eigenvalue weighted by atomic mass is 9.32. The van der Waals surface area contributed by atoms with Crippen LogP contribution < -0.4 is 4.74 Å². The number of ether oxygens (including phenoxy) is 2. The van der Waals surface area contributed by atoms with Crippen LogP contribution in [0.2, 0.25) is 0 Å². The third kappa shape index (κ3) is 4.75. The van der Waals surface area contributed by atoms with Crippen molar-refractivity contribution in [1.82, 2.24) is 0 Å². The number of carbonyl (C=O) groups is 1. The maximum Gasteiger partial charge on any atom is 0.331 e. The molecule has 1 aromatic carbocycles. The van der Waals surface area contributed by atoms with Gasteiger partial charge in [0.1, 0.15) is 6.10 Å². The molecular weight excluding hydrogens is 560 g/mol. The number of methoxy groups -OCH3 is 1. The molecule has 0 aliphatic heterocycles. The number of esters is 1. The molecule has 5 fully saturated rings. The van der Waals surface area contributed by atoms with Crippen LogP contribution in [0.3, 0.4) is 0 Å². The van der Waals surface area contributed by atoms with Gasteiger partial charge >= 0.3 is 5.97 Å². The van der Waals surface area contributed by atoms with E-state index in [0.29, 0.717) is 41.9 Å². The van der Waals surface area contributed by atoms with Crippen molar-refractivity contribution < 1.29 is 24.5 Å². The first-order chi connectivity index (χ1) is 21.2. The maximum absolute atomic E-state index is 13.1. The van der Waals surface area contributed by atoms with E-state index in [0.717, 1.165) is 31.2 Å². The van der Waals surface area contributed by atoms with Gasteiger partial charge in [-0.1, -0.05) is 52.8 Å². The summed E-state index contributed by atoms with van der Waals surface area (Å²) in [7, 11) is 1.51. The Labute approximate surface area is 271 Å². The Kier molecular flexibility index (Phi) is 8.11. The van der Waals surface area contributed by atoms with Gasteiger partial charge in [0.25, 0.3) is 0 Å². The average molecular weight is 619 g/mol. The Hall–Kier alpha value is -2.27. The zero-order valence-electron chi connectivity index (χ0n) is 29.0. The van der Waals surface area contributed by atoms with Crippen molar-refractivity contribution >= 4 is 12.0 Å². The minimum atomic E-state index is -0.310. The summed E-state index contributed by atoms with van der Waals surface area (Å²) in [4.78, 5) is 13.1. The number of allylic oxidation sites excluding steroid dienone is 1. The first kappa shape index (κ1) is 32.7. The molecule has 6 rings (SSSR count). The Morgan fingerprint density at radius 2 is 1.71 bits per heavy atom. The van der Waals surface area contributed by atoms with E-state index < -0.39 is 0 Å². The molecule has 0 aromatic heterocycles. The van der Waals surface area contributed by atoms with Gasteiger partial charge < -0.3 is 19.7 Å². The molecule has 5 aliphatic carbocycles. The average Bonchev–Trinajstić information content (AvgIpc) is 3.39. The topological polar surface area (TPSA) is 76.0 Å². The molecule has 2 N–H and O–H groups in total. The van der Waals surface area contributed by atoms with Crippen molar-refractivity contribution in [2.75, 3.05) is 13.7 Å². The van der Waals surface area contributed by atoms with Gasteiger partial charge in [-0.25, -0.2) is 4.79 Å². The van der Waals surface area contributed by atoms with Crippen molar-refractivity contribution in [1.29, 1.82) is 0 Å². The second kappa shape index (κ2) is 11.2. The Balaban J connectivity index is 1.22. The molecule has 1 aromatic rings.